The van der Waals surface area contributed by atoms with Crippen molar-refractivity contribution in [3.05, 3.63) is 60.2 Å². The first-order valence-corrected chi connectivity index (χ1v) is 9.84. The van der Waals surface area contributed by atoms with Gasteiger partial charge in [0.15, 0.2) is 11.8 Å². The smallest absolute Gasteiger partial charge is 0.336 e. The Bertz CT molecular complexity index is 881. The Labute approximate surface area is 175 Å². The molecule has 1 saturated heterocycles. The standard InChI is InChI=1S/C22H25N3O5/c1-2-30-21(27)19(20(26)16-7-4-3-5-8-16)24-22(28)23-17-9-6-10-18(15-17)25-11-13-29-14-12-25/h3-10,15,19H,2,11-14H2,1H3,(H2,23,24,28). The summed E-state index contributed by atoms with van der Waals surface area (Å²) in [6, 6.07) is 13.6. The van der Waals surface area contributed by atoms with Crippen LogP contribution in [0, 0.1) is 0 Å². The van der Waals surface area contributed by atoms with E-state index >= 15 is 0 Å². The predicted octanol–water partition coefficient (Wildman–Crippen LogP) is 2.46. The van der Waals surface area contributed by atoms with E-state index in [-0.39, 0.29) is 6.61 Å². The van der Waals surface area contributed by atoms with Gasteiger partial charge in [0, 0.05) is 30.0 Å². The predicted molar refractivity (Wildman–Crippen MR) is 113 cm³/mol. The van der Waals surface area contributed by atoms with Crippen LogP contribution in [0.15, 0.2) is 54.6 Å². The van der Waals surface area contributed by atoms with Crippen molar-refractivity contribution in [1.29, 1.82) is 0 Å². The van der Waals surface area contributed by atoms with Crippen molar-refractivity contribution in [2.24, 2.45) is 0 Å². The van der Waals surface area contributed by atoms with Gasteiger partial charge in [-0.2, -0.15) is 0 Å². The summed E-state index contributed by atoms with van der Waals surface area (Å²) in [7, 11) is 0. The second kappa shape index (κ2) is 10.4. The third kappa shape index (κ3) is 5.57. The lowest BCUT2D eigenvalue weighted by Crippen LogP contribution is -2.49. The Morgan fingerprint density at radius 1 is 1.07 bits per heavy atom. The maximum absolute atomic E-state index is 12.7. The minimum atomic E-state index is -1.44. The molecule has 2 aromatic rings. The molecule has 1 fully saturated rings. The summed E-state index contributed by atoms with van der Waals surface area (Å²) < 4.78 is 10.3. The number of nitrogens with one attached hydrogen (secondary N) is 2. The minimum absolute atomic E-state index is 0.0995. The van der Waals surface area contributed by atoms with Crippen LogP contribution in [-0.2, 0) is 14.3 Å². The van der Waals surface area contributed by atoms with E-state index in [1.807, 2.05) is 18.2 Å². The van der Waals surface area contributed by atoms with Crippen molar-refractivity contribution in [3.63, 3.8) is 0 Å². The number of hydrogen-bond donors (Lipinski definition) is 2. The third-order valence-corrected chi connectivity index (χ3v) is 4.60. The molecule has 0 aromatic heterocycles. The molecule has 0 saturated carbocycles. The average molecular weight is 411 g/mol. The van der Waals surface area contributed by atoms with Gasteiger partial charge in [-0.1, -0.05) is 36.4 Å². The van der Waals surface area contributed by atoms with E-state index in [1.54, 1.807) is 43.3 Å². The second-order valence-corrected chi connectivity index (χ2v) is 6.66. The molecule has 8 nitrogen and oxygen atoms in total. The first-order valence-electron chi connectivity index (χ1n) is 9.84. The SMILES string of the molecule is CCOC(=O)C(NC(=O)Nc1cccc(N2CCOCC2)c1)C(=O)c1ccccc1. The normalized spacial score (nSPS) is 14.5. The number of Topliss-reactive ketones (excluding diaryl/α,β-unsaturated/α-hetero) is 1. The number of rotatable bonds is 7. The van der Waals surface area contributed by atoms with Crippen LogP contribution in [0.5, 0.6) is 0 Å². The topological polar surface area (TPSA) is 97.0 Å². The van der Waals surface area contributed by atoms with Crippen molar-refractivity contribution < 1.29 is 23.9 Å². The van der Waals surface area contributed by atoms with Crippen molar-refractivity contribution in [2.45, 2.75) is 13.0 Å². The molecule has 1 aliphatic heterocycles. The van der Waals surface area contributed by atoms with Crippen molar-refractivity contribution in [2.75, 3.05) is 43.1 Å². The molecule has 0 spiro atoms. The number of hydrogen-bond acceptors (Lipinski definition) is 6. The Morgan fingerprint density at radius 3 is 2.50 bits per heavy atom. The fourth-order valence-electron chi connectivity index (χ4n) is 3.13. The van der Waals surface area contributed by atoms with Gasteiger partial charge in [0.1, 0.15) is 0 Å². The number of anilines is 2. The van der Waals surface area contributed by atoms with Crippen molar-refractivity contribution in [1.82, 2.24) is 5.32 Å². The molecule has 2 amide bonds. The fraction of sp³-hybridized carbons (Fsp3) is 0.318. The van der Waals surface area contributed by atoms with Gasteiger partial charge in [0.05, 0.1) is 19.8 Å². The van der Waals surface area contributed by atoms with Gasteiger partial charge in [-0.25, -0.2) is 9.59 Å². The highest BCUT2D eigenvalue weighted by atomic mass is 16.5. The molecule has 1 heterocycles. The van der Waals surface area contributed by atoms with Gasteiger partial charge in [0.25, 0.3) is 0 Å². The summed E-state index contributed by atoms with van der Waals surface area (Å²) >= 11 is 0. The zero-order valence-electron chi connectivity index (χ0n) is 16.8. The number of benzene rings is 2. The third-order valence-electron chi connectivity index (χ3n) is 4.60. The monoisotopic (exact) mass is 411 g/mol. The average Bonchev–Trinajstić information content (AvgIpc) is 2.78. The number of carbonyl (C=O) groups excluding carboxylic acids is 3. The van der Waals surface area contributed by atoms with Crippen LogP contribution in [0.3, 0.4) is 0 Å². The molecule has 8 heteroatoms. The van der Waals surface area contributed by atoms with Gasteiger partial charge in [0.2, 0.25) is 0 Å². The Hall–Kier alpha value is -3.39. The van der Waals surface area contributed by atoms with Gasteiger partial charge in [-0.3, -0.25) is 4.79 Å². The number of morpholine rings is 1. The summed E-state index contributed by atoms with van der Waals surface area (Å²) in [4.78, 5) is 39.7. The first-order chi connectivity index (χ1) is 14.6. The van der Waals surface area contributed by atoms with Crippen molar-refractivity contribution >= 4 is 29.2 Å². The molecule has 2 N–H and O–H groups in total. The molecular formula is C22H25N3O5. The number of ketones is 1. The molecule has 0 bridgehead atoms. The Kier molecular flexibility index (Phi) is 7.40. The van der Waals surface area contributed by atoms with E-state index in [4.69, 9.17) is 9.47 Å². The van der Waals surface area contributed by atoms with Gasteiger partial charge in [-0.05, 0) is 25.1 Å². The number of esters is 1. The maximum atomic E-state index is 12.7. The van der Waals surface area contributed by atoms with E-state index in [1.165, 1.54) is 0 Å². The molecule has 1 unspecified atom stereocenters. The molecule has 1 atom stereocenters. The lowest BCUT2D eigenvalue weighted by molar-refractivity contribution is -0.143. The Morgan fingerprint density at radius 2 is 1.80 bits per heavy atom. The lowest BCUT2D eigenvalue weighted by Gasteiger charge is -2.29. The van der Waals surface area contributed by atoms with Crippen LogP contribution in [0.25, 0.3) is 0 Å². The van der Waals surface area contributed by atoms with Crippen molar-refractivity contribution in [3.8, 4) is 0 Å². The fourth-order valence-corrected chi connectivity index (χ4v) is 3.13. The van der Waals surface area contributed by atoms with E-state index in [2.05, 4.69) is 15.5 Å². The highest BCUT2D eigenvalue weighted by Crippen LogP contribution is 2.20. The van der Waals surface area contributed by atoms with E-state index in [9.17, 15) is 14.4 Å². The summed E-state index contributed by atoms with van der Waals surface area (Å²) in [6.45, 7) is 4.59. The maximum Gasteiger partial charge on any atom is 0.336 e. The zero-order chi connectivity index (χ0) is 21.3. The molecule has 1 aliphatic rings. The zero-order valence-corrected chi connectivity index (χ0v) is 16.8. The summed E-state index contributed by atoms with van der Waals surface area (Å²) in [5.41, 5.74) is 1.81. The van der Waals surface area contributed by atoms with E-state index in [0.29, 0.717) is 24.5 Å². The Balaban J connectivity index is 1.69. The number of amides is 2. The minimum Gasteiger partial charge on any atom is -0.464 e. The van der Waals surface area contributed by atoms with Crippen LogP contribution in [0.2, 0.25) is 0 Å². The van der Waals surface area contributed by atoms with Crippen LogP contribution in [-0.4, -0.2) is 56.7 Å². The molecule has 0 aliphatic carbocycles. The molecule has 30 heavy (non-hydrogen) atoms. The number of nitrogens with zero attached hydrogens (tertiary/aromatic N) is 1. The van der Waals surface area contributed by atoms with Gasteiger partial charge in [-0.15, -0.1) is 0 Å². The molecule has 3 rings (SSSR count). The largest absolute Gasteiger partial charge is 0.464 e. The van der Waals surface area contributed by atoms with Gasteiger partial charge < -0.3 is 25.0 Å². The van der Waals surface area contributed by atoms with Crippen LogP contribution in [0.1, 0.15) is 17.3 Å². The van der Waals surface area contributed by atoms with Crippen LogP contribution < -0.4 is 15.5 Å². The lowest BCUT2D eigenvalue weighted by atomic mass is 10.0. The van der Waals surface area contributed by atoms with E-state index < -0.39 is 23.8 Å². The first kappa shape index (κ1) is 21.3. The molecule has 2 aromatic carbocycles. The second-order valence-electron chi connectivity index (χ2n) is 6.66. The molecular weight excluding hydrogens is 386 g/mol. The summed E-state index contributed by atoms with van der Waals surface area (Å²) in [5.74, 6) is -1.34. The van der Waals surface area contributed by atoms with Crippen LogP contribution in [0.4, 0.5) is 16.2 Å². The molecule has 158 valence electrons. The number of carbonyl (C=O) groups is 3. The summed E-state index contributed by atoms with van der Waals surface area (Å²) in [6.07, 6.45) is 0. The highest BCUT2D eigenvalue weighted by Gasteiger charge is 2.30. The van der Waals surface area contributed by atoms with E-state index in [0.717, 1.165) is 18.8 Å². The summed E-state index contributed by atoms with van der Waals surface area (Å²) in [5, 5.41) is 5.13. The number of urea groups is 1. The van der Waals surface area contributed by atoms with Gasteiger partial charge >= 0.3 is 12.0 Å². The van der Waals surface area contributed by atoms with Crippen LogP contribution >= 0.6 is 0 Å². The number of ether oxygens (including phenoxy) is 2. The molecule has 0 radical (unpaired) electrons. The quantitative estimate of drug-likeness (QED) is 0.413. The highest BCUT2D eigenvalue weighted by molar-refractivity contribution is 6.14.